The van der Waals surface area contributed by atoms with Crippen molar-refractivity contribution in [3.8, 4) is 0 Å². The van der Waals surface area contributed by atoms with Crippen molar-refractivity contribution in [1.82, 2.24) is 5.32 Å². The van der Waals surface area contributed by atoms with Crippen molar-refractivity contribution in [1.29, 1.82) is 0 Å². The summed E-state index contributed by atoms with van der Waals surface area (Å²) in [7, 11) is 0. The molecule has 0 amide bonds. The third-order valence-electron chi connectivity index (χ3n) is 4.24. The van der Waals surface area contributed by atoms with E-state index in [0.717, 1.165) is 18.0 Å². The molecule has 1 nitrogen and oxygen atoms in total. The SMILES string of the molecule is CCCNC(Cc1cccc(Cl)c1)/C1=C/CCCCCC1. The summed E-state index contributed by atoms with van der Waals surface area (Å²) in [6.07, 6.45) is 12.7. The summed E-state index contributed by atoms with van der Waals surface area (Å²) >= 11 is 6.13. The minimum absolute atomic E-state index is 0.474. The van der Waals surface area contributed by atoms with Gasteiger partial charge < -0.3 is 5.32 Å². The predicted molar refractivity (Wildman–Crippen MR) is 93.0 cm³/mol. The average molecular weight is 306 g/mol. The molecule has 0 aliphatic heterocycles. The first-order valence-electron chi connectivity index (χ1n) is 8.46. The van der Waals surface area contributed by atoms with Gasteiger partial charge in [-0.15, -0.1) is 0 Å². The maximum absolute atomic E-state index is 6.13. The van der Waals surface area contributed by atoms with Crippen molar-refractivity contribution in [2.45, 2.75) is 64.3 Å². The van der Waals surface area contributed by atoms with Crippen LogP contribution in [0.25, 0.3) is 0 Å². The molecule has 1 aliphatic carbocycles. The van der Waals surface area contributed by atoms with E-state index >= 15 is 0 Å². The van der Waals surface area contributed by atoms with Gasteiger partial charge in [0, 0.05) is 11.1 Å². The second-order valence-corrected chi connectivity index (χ2v) is 6.51. The van der Waals surface area contributed by atoms with E-state index < -0.39 is 0 Å². The van der Waals surface area contributed by atoms with Crippen LogP contribution in [0.1, 0.15) is 57.4 Å². The largest absolute Gasteiger partial charge is 0.310 e. The predicted octanol–water partition coefficient (Wildman–Crippen LogP) is 5.53. The molecule has 0 spiro atoms. The molecule has 0 fully saturated rings. The number of allylic oxidation sites excluding steroid dienone is 1. The molecule has 1 aromatic carbocycles. The third kappa shape index (κ3) is 5.84. The Morgan fingerprint density at radius 3 is 2.86 bits per heavy atom. The van der Waals surface area contributed by atoms with E-state index in [-0.39, 0.29) is 0 Å². The first-order valence-corrected chi connectivity index (χ1v) is 8.84. The molecule has 2 rings (SSSR count). The van der Waals surface area contributed by atoms with Crippen LogP contribution < -0.4 is 5.32 Å². The first-order chi connectivity index (χ1) is 10.3. The lowest BCUT2D eigenvalue weighted by molar-refractivity contribution is 0.523. The molecule has 0 saturated heterocycles. The topological polar surface area (TPSA) is 12.0 Å². The van der Waals surface area contributed by atoms with Gasteiger partial charge in [0.1, 0.15) is 0 Å². The van der Waals surface area contributed by atoms with Crippen molar-refractivity contribution in [2.75, 3.05) is 6.54 Å². The summed E-state index contributed by atoms with van der Waals surface area (Å²) in [5, 5.41) is 4.58. The van der Waals surface area contributed by atoms with Crippen LogP contribution >= 0.6 is 11.6 Å². The van der Waals surface area contributed by atoms with Crippen molar-refractivity contribution in [2.24, 2.45) is 0 Å². The highest BCUT2D eigenvalue weighted by Crippen LogP contribution is 2.22. The van der Waals surface area contributed by atoms with Gasteiger partial charge in [-0.2, -0.15) is 0 Å². The Morgan fingerprint density at radius 2 is 2.05 bits per heavy atom. The molecule has 1 aliphatic rings. The van der Waals surface area contributed by atoms with E-state index in [4.69, 9.17) is 11.6 Å². The van der Waals surface area contributed by atoms with Crippen LogP contribution in [0.4, 0.5) is 0 Å². The fraction of sp³-hybridized carbons (Fsp3) is 0.579. The molecular formula is C19H28ClN. The monoisotopic (exact) mass is 305 g/mol. The molecule has 0 bridgehead atoms. The Hall–Kier alpha value is -0.790. The Morgan fingerprint density at radius 1 is 1.19 bits per heavy atom. The van der Waals surface area contributed by atoms with Crippen molar-refractivity contribution in [3.05, 3.63) is 46.5 Å². The Balaban J connectivity index is 2.08. The zero-order chi connectivity index (χ0) is 14.9. The van der Waals surface area contributed by atoms with Crippen LogP contribution in [0, 0.1) is 0 Å². The second-order valence-electron chi connectivity index (χ2n) is 6.07. The van der Waals surface area contributed by atoms with Crippen molar-refractivity contribution < 1.29 is 0 Å². The van der Waals surface area contributed by atoms with Gasteiger partial charge in [0.15, 0.2) is 0 Å². The van der Waals surface area contributed by atoms with Gasteiger partial charge in [0.2, 0.25) is 0 Å². The molecule has 2 heteroatoms. The summed E-state index contributed by atoms with van der Waals surface area (Å²) in [5.41, 5.74) is 2.95. The standard InChI is InChI=1S/C19H28ClN/c1-2-13-21-19(15-16-9-8-12-18(20)14-16)17-10-6-4-3-5-7-11-17/h8-10,12,14,19,21H,2-7,11,13,15H2,1H3/b17-10+. The molecule has 1 atom stereocenters. The number of rotatable bonds is 6. The van der Waals surface area contributed by atoms with Crippen LogP contribution in [0.15, 0.2) is 35.9 Å². The number of hydrogen-bond donors (Lipinski definition) is 1. The molecular weight excluding hydrogens is 278 g/mol. The highest BCUT2D eigenvalue weighted by molar-refractivity contribution is 6.30. The first kappa shape index (κ1) is 16.6. The Labute approximate surface area is 134 Å². The normalized spacial score (nSPS) is 20.2. The summed E-state index contributed by atoms with van der Waals surface area (Å²) in [6.45, 7) is 3.32. The molecule has 116 valence electrons. The lowest BCUT2D eigenvalue weighted by Gasteiger charge is -2.24. The van der Waals surface area contributed by atoms with E-state index in [1.54, 1.807) is 5.57 Å². The zero-order valence-electron chi connectivity index (χ0n) is 13.2. The lowest BCUT2D eigenvalue weighted by Crippen LogP contribution is -2.34. The van der Waals surface area contributed by atoms with E-state index in [2.05, 4.69) is 36.5 Å². The van der Waals surface area contributed by atoms with E-state index in [1.165, 1.54) is 50.5 Å². The van der Waals surface area contributed by atoms with Crippen LogP contribution in [0.3, 0.4) is 0 Å². The molecule has 21 heavy (non-hydrogen) atoms. The van der Waals surface area contributed by atoms with Gasteiger partial charge in [-0.1, -0.05) is 55.1 Å². The lowest BCUT2D eigenvalue weighted by atomic mass is 9.91. The molecule has 1 aromatic rings. The average Bonchev–Trinajstić information content (AvgIpc) is 2.43. The maximum atomic E-state index is 6.13. The molecule has 1 N–H and O–H groups in total. The summed E-state index contributed by atoms with van der Waals surface area (Å²) in [5.74, 6) is 0. The Kier molecular flexibility index (Phi) is 7.32. The molecule has 0 radical (unpaired) electrons. The summed E-state index contributed by atoms with van der Waals surface area (Å²) in [6, 6.07) is 8.78. The minimum Gasteiger partial charge on any atom is -0.310 e. The highest BCUT2D eigenvalue weighted by atomic mass is 35.5. The molecule has 1 unspecified atom stereocenters. The van der Waals surface area contributed by atoms with Crippen LogP contribution in [-0.4, -0.2) is 12.6 Å². The summed E-state index contributed by atoms with van der Waals surface area (Å²) < 4.78 is 0. The molecule has 0 heterocycles. The highest BCUT2D eigenvalue weighted by Gasteiger charge is 2.15. The van der Waals surface area contributed by atoms with Gasteiger partial charge in [-0.3, -0.25) is 0 Å². The van der Waals surface area contributed by atoms with Gasteiger partial charge in [-0.25, -0.2) is 0 Å². The fourth-order valence-corrected chi connectivity index (χ4v) is 3.30. The van der Waals surface area contributed by atoms with Crippen LogP contribution in [-0.2, 0) is 6.42 Å². The second kappa shape index (κ2) is 9.27. The van der Waals surface area contributed by atoms with Gasteiger partial charge in [0.25, 0.3) is 0 Å². The van der Waals surface area contributed by atoms with Gasteiger partial charge in [0.05, 0.1) is 0 Å². The van der Waals surface area contributed by atoms with Crippen molar-refractivity contribution in [3.63, 3.8) is 0 Å². The quantitative estimate of drug-likeness (QED) is 0.681. The van der Waals surface area contributed by atoms with Gasteiger partial charge in [-0.05, 0) is 62.8 Å². The van der Waals surface area contributed by atoms with Crippen molar-refractivity contribution >= 4 is 11.6 Å². The zero-order valence-corrected chi connectivity index (χ0v) is 14.0. The maximum Gasteiger partial charge on any atom is 0.0408 e. The minimum atomic E-state index is 0.474. The number of hydrogen-bond acceptors (Lipinski definition) is 1. The number of benzene rings is 1. The third-order valence-corrected chi connectivity index (χ3v) is 4.48. The van der Waals surface area contributed by atoms with Crippen LogP contribution in [0.2, 0.25) is 5.02 Å². The Bertz CT molecular complexity index is 453. The smallest absolute Gasteiger partial charge is 0.0408 e. The number of nitrogens with one attached hydrogen (secondary N) is 1. The number of halogens is 1. The summed E-state index contributed by atoms with van der Waals surface area (Å²) in [4.78, 5) is 0. The fourth-order valence-electron chi connectivity index (χ4n) is 3.09. The van der Waals surface area contributed by atoms with E-state index in [1.807, 2.05) is 6.07 Å². The molecule has 0 aromatic heterocycles. The molecule has 0 saturated carbocycles. The van der Waals surface area contributed by atoms with E-state index in [0.29, 0.717) is 6.04 Å². The van der Waals surface area contributed by atoms with Gasteiger partial charge >= 0.3 is 0 Å². The van der Waals surface area contributed by atoms with Crippen LogP contribution in [0.5, 0.6) is 0 Å². The van der Waals surface area contributed by atoms with E-state index in [9.17, 15) is 0 Å².